The van der Waals surface area contributed by atoms with Crippen LogP contribution >= 0.6 is 23.2 Å². The first-order valence-electron chi connectivity index (χ1n) is 7.62. The van der Waals surface area contributed by atoms with Gasteiger partial charge in [0.2, 0.25) is 0 Å². The average molecular weight is 374 g/mol. The molecule has 9 heteroatoms. The first-order valence-corrected chi connectivity index (χ1v) is 8.37. The SMILES string of the molecule is O=[N+]([O-])c1cc(/C=N\OC[C@H]2CC2(Cl)Cl)ccc1N1CCOCC1. The molecule has 0 radical (unpaired) electrons. The Kier molecular flexibility index (Phi) is 5.12. The van der Waals surface area contributed by atoms with Gasteiger partial charge in [-0.1, -0.05) is 11.2 Å². The van der Waals surface area contributed by atoms with Gasteiger partial charge in [0.05, 0.1) is 24.4 Å². The zero-order valence-corrected chi connectivity index (χ0v) is 14.4. The molecule has 1 saturated heterocycles. The van der Waals surface area contributed by atoms with Crippen molar-refractivity contribution in [3.8, 4) is 0 Å². The Morgan fingerprint density at radius 2 is 2.17 bits per heavy atom. The molecule has 1 aliphatic carbocycles. The highest BCUT2D eigenvalue weighted by molar-refractivity contribution is 6.50. The number of rotatable bonds is 6. The van der Waals surface area contributed by atoms with E-state index in [0.29, 0.717) is 50.6 Å². The van der Waals surface area contributed by atoms with Crippen molar-refractivity contribution in [2.45, 2.75) is 10.8 Å². The average Bonchev–Trinajstić information content (AvgIpc) is 3.19. The highest BCUT2D eigenvalue weighted by Gasteiger charge is 2.52. The summed E-state index contributed by atoms with van der Waals surface area (Å²) in [5, 5.41) is 15.2. The Morgan fingerprint density at radius 3 is 2.79 bits per heavy atom. The molecule has 24 heavy (non-hydrogen) atoms. The number of ether oxygens (including phenoxy) is 1. The van der Waals surface area contributed by atoms with Gasteiger partial charge in [-0.15, -0.1) is 23.2 Å². The van der Waals surface area contributed by atoms with E-state index in [0.717, 1.165) is 0 Å². The summed E-state index contributed by atoms with van der Waals surface area (Å²) < 4.78 is 4.58. The minimum absolute atomic E-state index is 0.0450. The van der Waals surface area contributed by atoms with Crippen LogP contribution in [0.5, 0.6) is 0 Å². The molecule has 7 nitrogen and oxygen atoms in total. The number of morpholine rings is 1. The largest absolute Gasteiger partial charge is 0.395 e. The third kappa shape index (κ3) is 4.09. The first-order chi connectivity index (χ1) is 11.5. The van der Waals surface area contributed by atoms with Crippen LogP contribution in [0.2, 0.25) is 0 Å². The molecule has 0 unspecified atom stereocenters. The third-order valence-corrected chi connectivity index (χ3v) is 4.98. The predicted molar refractivity (Wildman–Crippen MR) is 92.2 cm³/mol. The number of nitro benzene ring substituents is 1. The molecule has 2 aliphatic rings. The number of anilines is 1. The minimum atomic E-state index is -0.700. The lowest BCUT2D eigenvalue weighted by molar-refractivity contribution is -0.384. The van der Waals surface area contributed by atoms with Crippen molar-refractivity contribution in [2.75, 3.05) is 37.8 Å². The van der Waals surface area contributed by atoms with E-state index in [-0.39, 0.29) is 16.5 Å². The number of hydrogen-bond donors (Lipinski definition) is 0. The van der Waals surface area contributed by atoms with E-state index >= 15 is 0 Å². The molecule has 0 amide bonds. The van der Waals surface area contributed by atoms with Crippen LogP contribution in [0.25, 0.3) is 0 Å². The number of nitrogens with zero attached hydrogens (tertiary/aromatic N) is 3. The summed E-state index contributed by atoms with van der Waals surface area (Å²) >= 11 is 11.8. The summed E-state index contributed by atoms with van der Waals surface area (Å²) in [6, 6.07) is 4.99. The van der Waals surface area contributed by atoms with E-state index in [1.54, 1.807) is 12.1 Å². The number of nitro groups is 1. The van der Waals surface area contributed by atoms with Crippen LogP contribution in [0.15, 0.2) is 23.4 Å². The number of halogens is 2. The van der Waals surface area contributed by atoms with Gasteiger partial charge in [0.15, 0.2) is 0 Å². The molecule has 1 aliphatic heterocycles. The van der Waals surface area contributed by atoms with Gasteiger partial charge in [0.1, 0.15) is 16.6 Å². The fourth-order valence-electron chi connectivity index (χ4n) is 2.52. The smallest absolute Gasteiger partial charge is 0.293 e. The molecule has 0 aromatic heterocycles. The maximum Gasteiger partial charge on any atom is 0.293 e. The summed E-state index contributed by atoms with van der Waals surface area (Å²) in [5.74, 6) is 0.0796. The molecule has 0 spiro atoms. The molecule has 1 aromatic carbocycles. The van der Waals surface area contributed by atoms with E-state index in [9.17, 15) is 10.1 Å². The summed E-state index contributed by atoms with van der Waals surface area (Å²) in [5.41, 5.74) is 1.23. The molecule has 1 aromatic rings. The van der Waals surface area contributed by atoms with E-state index in [4.69, 9.17) is 32.8 Å². The van der Waals surface area contributed by atoms with E-state index in [1.807, 2.05) is 4.90 Å². The van der Waals surface area contributed by atoms with Crippen molar-refractivity contribution < 1.29 is 14.5 Å². The standard InChI is InChI=1S/C15H17Cl2N3O4/c16-15(17)8-12(15)10-24-18-9-11-1-2-13(14(7-11)20(21)22)19-3-5-23-6-4-19/h1-2,7,9,12H,3-6,8,10H2/b18-9-/t12-/m1/s1. The van der Waals surface area contributed by atoms with E-state index < -0.39 is 4.33 Å². The third-order valence-electron chi connectivity index (χ3n) is 4.06. The second-order valence-corrected chi connectivity index (χ2v) is 7.34. The Morgan fingerprint density at radius 1 is 1.46 bits per heavy atom. The Balaban J connectivity index is 1.66. The maximum atomic E-state index is 11.4. The van der Waals surface area contributed by atoms with Crippen molar-refractivity contribution in [3.05, 3.63) is 33.9 Å². The summed E-state index contributed by atoms with van der Waals surface area (Å²) in [7, 11) is 0. The van der Waals surface area contributed by atoms with Gasteiger partial charge in [0.25, 0.3) is 5.69 Å². The maximum absolute atomic E-state index is 11.4. The van der Waals surface area contributed by atoms with E-state index in [2.05, 4.69) is 5.16 Å². The van der Waals surface area contributed by atoms with Crippen LogP contribution < -0.4 is 4.90 Å². The van der Waals surface area contributed by atoms with Crippen LogP contribution in [-0.2, 0) is 9.57 Å². The van der Waals surface area contributed by atoms with Crippen LogP contribution in [0.4, 0.5) is 11.4 Å². The van der Waals surface area contributed by atoms with Gasteiger partial charge in [-0.2, -0.15) is 0 Å². The van der Waals surface area contributed by atoms with Crippen molar-refractivity contribution in [2.24, 2.45) is 11.1 Å². The van der Waals surface area contributed by atoms with Gasteiger partial charge in [-0.25, -0.2) is 0 Å². The lowest BCUT2D eigenvalue weighted by Gasteiger charge is -2.28. The quantitative estimate of drug-likeness (QED) is 0.331. The van der Waals surface area contributed by atoms with Gasteiger partial charge in [-0.3, -0.25) is 10.1 Å². The monoisotopic (exact) mass is 373 g/mol. The predicted octanol–water partition coefficient (Wildman–Crippen LogP) is 2.98. The summed E-state index contributed by atoms with van der Waals surface area (Å²) in [4.78, 5) is 18.1. The highest BCUT2D eigenvalue weighted by Crippen LogP contribution is 2.53. The number of hydrogen-bond acceptors (Lipinski definition) is 6. The second-order valence-electron chi connectivity index (χ2n) is 5.80. The van der Waals surface area contributed by atoms with E-state index in [1.165, 1.54) is 12.3 Å². The Hall–Kier alpha value is -1.57. The fourth-order valence-corrected chi connectivity index (χ4v) is 3.02. The molecule has 2 fully saturated rings. The van der Waals surface area contributed by atoms with Gasteiger partial charge < -0.3 is 14.5 Å². The molecule has 3 rings (SSSR count). The van der Waals surface area contributed by atoms with Crippen molar-refractivity contribution in [1.29, 1.82) is 0 Å². The number of oxime groups is 1. The van der Waals surface area contributed by atoms with Gasteiger partial charge in [0, 0.05) is 30.6 Å². The highest BCUT2D eigenvalue weighted by atomic mass is 35.5. The second kappa shape index (κ2) is 7.13. The van der Waals surface area contributed by atoms with Crippen LogP contribution in [0.1, 0.15) is 12.0 Å². The molecule has 1 heterocycles. The summed E-state index contributed by atoms with van der Waals surface area (Å²) in [6.45, 7) is 2.74. The zero-order valence-electron chi connectivity index (χ0n) is 12.9. The zero-order chi connectivity index (χ0) is 17.2. The lowest BCUT2D eigenvalue weighted by Crippen LogP contribution is -2.36. The molecule has 130 valence electrons. The molecule has 1 saturated carbocycles. The Bertz CT molecular complexity index is 648. The van der Waals surface area contributed by atoms with Crippen molar-refractivity contribution in [3.63, 3.8) is 0 Å². The topological polar surface area (TPSA) is 77.2 Å². The molecular weight excluding hydrogens is 357 g/mol. The Labute approximate surface area is 149 Å². The first kappa shape index (κ1) is 17.3. The van der Waals surface area contributed by atoms with Crippen molar-refractivity contribution >= 4 is 40.8 Å². The summed E-state index contributed by atoms with van der Waals surface area (Å²) in [6.07, 6.45) is 2.13. The lowest BCUT2D eigenvalue weighted by atomic mass is 10.1. The number of alkyl halides is 2. The molecular formula is C15H17Cl2N3O4. The fraction of sp³-hybridized carbons (Fsp3) is 0.533. The minimum Gasteiger partial charge on any atom is -0.395 e. The van der Waals surface area contributed by atoms with Crippen LogP contribution in [0.3, 0.4) is 0 Å². The normalized spacial score (nSPS) is 22.6. The van der Waals surface area contributed by atoms with Gasteiger partial charge >= 0.3 is 0 Å². The van der Waals surface area contributed by atoms with Crippen LogP contribution in [0, 0.1) is 16.0 Å². The molecule has 0 bridgehead atoms. The van der Waals surface area contributed by atoms with Crippen LogP contribution in [-0.4, -0.2) is 48.4 Å². The molecule has 1 atom stereocenters. The molecule has 0 N–H and O–H groups in total. The van der Waals surface area contributed by atoms with Gasteiger partial charge in [-0.05, 0) is 12.5 Å². The van der Waals surface area contributed by atoms with Crippen molar-refractivity contribution in [1.82, 2.24) is 0 Å². The number of benzene rings is 1.